The molecule has 1 aliphatic carbocycles. The first-order chi connectivity index (χ1) is 10.3. The van der Waals surface area contributed by atoms with Gasteiger partial charge in [-0.15, -0.1) is 0 Å². The molecule has 0 amide bonds. The molecule has 1 aromatic rings. The van der Waals surface area contributed by atoms with Gasteiger partial charge in [-0.1, -0.05) is 32.8 Å². The van der Waals surface area contributed by atoms with Crippen molar-refractivity contribution in [3.63, 3.8) is 0 Å². The van der Waals surface area contributed by atoms with E-state index in [1.165, 1.54) is 25.7 Å². The van der Waals surface area contributed by atoms with Gasteiger partial charge in [0.25, 0.3) is 0 Å². The first-order valence-corrected chi connectivity index (χ1v) is 8.30. The Bertz CT molecular complexity index is 421. The Hall–Kier alpha value is -1.22. The molecule has 0 aromatic heterocycles. The van der Waals surface area contributed by atoms with E-state index in [4.69, 9.17) is 9.47 Å². The van der Waals surface area contributed by atoms with Gasteiger partial charge in [0.2, 0.25) is 0 Å². The van der Waals surface area contributed by atoms with Crippen molar-refractivity contribution in [3.05, 3.63) is 24.3 Å². The molecule has 0 saturated heterocycles. The lowest BCUT2D eigenvalue weighted by atomic mass is 9.81. The van der Waals surface area contributed by atoms with E-state index in [-0.39, 0.29) is 6.10 Å². The summed E-state index contributed by atoms with van der Waals surface area (Å²) in [7, 11) is 1.69. The smallest absolute Gasteiger partial charge is 0.123 e. The van der Waals surface area contributed by atoms with Gasteiger partial charge < -0.3 is 14.8 Å². The van der Waals surface area contributed by atoms with Crippen molar-refractivity contribution in [2.75, 3.05) is 13.7 Å². The molecule has 3 heteroatoms. The van der Waals surface area contributed by atoms with Gasteiger partial charge in [0.05, 0.1) is 7.11 Å². The van der Waals surface area contributed by atoms with Gasteiger partial charge >= 0.3 is 0 Å². The van der Waals surface area contributed by atoms with Crippen LogP contribution in [0.1, 0.15) is 46.0 Å². The first kappa shape index (κ1) is 16.2. The van der Waals surface area contributed by atoms with Crippen LogP contribution < -0.4 is 14.8 Å². The third-order valence-electron chi connectivity index (χ3n) is 4.39. The van der Waals surface area contributed by atoms with Crippen LogP contribution in [0.2, 0.25) is 0 Å². The van der Waals surface area contributed by atoms with Crippen LogP contribution in [0.4, 0.5) is 0 Å². The molecule has 3 atom stereocenters. The van der Waals surface area contributed by atoms with Crippen LogP contribution in [0.15, 0.2) is 24.3 Å². The van der Waals surface area contributed by atoms with Crippen LogP contribution in [0, 0.1) is 5.92 Å². The Morgan fingerprint density at radius 3 is 2.71 bits per heavy atom. The zero-order valence-electron chi connectivity index (χ0n) is 13.6. The summed E-state index contributed by atoms with van der Waals surface area (Å²) in [6, 6.07) is 8.41. The fourth-order valence-electron chi connectivity index (χ4n) is 3.36. The number of hydrogen-bond donors (Lipinski definition) is 1. The molecule has 0 bridgehead atoms. The minimum atomic E-state index is 0.266. The van der Waals surface area contributed by atoms with Crippen LogP contribution in [0.3, 0.4) is 0 Å². The number of nitrogens with one attached hydrogen (secondary N) is 1. The van der Waals surface area contributed by atoms with E-state index in [1.54, 1.807) is 7.11 Å². The highest BCUT2D eigenvalue weighted by atomic mass is 16.5. The molecule has 1 saturated carbocycles. The summed E-state index contributed by atoms with van der Waals surface area (Å²) in [5.41, 5.74) is 0. The van der Waals surface area contributed by atoms with Crippen LogP contribution in [0.25, 0.3) is 0 Å². The Morgan fingerprint density at radius 2 is 2.00 bits per heavy atom. The van der Waals surface area contributed by atoms with Gasteiger partial charge in [0, 0.05) is 12.1 Å². The number of methoxy groups -OCH3 is 1. The highest BCUT2D eigenvalue weighted by molar-refractivity contribution is 5.33. The van der Waals surface area contributed by atoms with E-state index in [0.717, 1.165) is 30.4 Å². The molecule has 1 aromatic carbocycles. The molecule has 3 nitrogen and oxygen atoms in total. The van der Waals surface area contributed by atoms with E-state index in [1.807, 2.05) is 24.3 Å². The summed E-state index contributed by atoms with van der Waals surface area (Å²) in [5.74, 6) is 2.58. The number of ether oxygens (including phenoxy) is 2. The number of rotatable bonds is 7. The van der Waals surface area contributed by atoms with Gasteiger partial charge in [0.1, 0.15) is 17.6 Å². The lowest BCUT2D eigenvalue weighted by Gasteiger charge is -2.36. The summed E-state index contributed by atoms with van der Waals surface area (Å²) >= 11 is 0. The second kappa shape index (κ2) is 8.28. The van der Waals surface area contributed by atoms with E-state index in [2.05, 4.69) is 19.2 Å². The van der Waals surface area contributed by atoms with Crippen molar-refractivity contribution in [1.29, 1.82) is 0 Å². The molecule has 1 fully saturated rings. The van der Waals surface area contributed by atoms with Crippen molar-refractivity contribution >= 4 is 0 Å². The molecule has 1 aliphatic rings. The third-order valence-corrected chi connectivity index (χ3v) is 4.39. The molecule has 0 aliphatic heterocycles. The van der Waals surface area contributed by atoms with Gasteiger partial charge in [-0.25, -0.2) is 0 Å². The number of benzene rings is 1. The largest absolute Gasteiger partial charge is 0.497 e. The van der Waals surface area contributed by atoms with Crippen LogP contribution in [-0.4, -0.2) is 25.8 Å². The molecule has 3 unspecified atom stereocenters. The average Bonchev–Trinajstić information content (AvgIpc) is 2.50. The maximum atomic E-state index is 6.30. The third kappa shape index (κ3) is 4.63. The Balaban J connectivity index is 2.04. The summed E-state index contributed by atoms with van der Waals surface area (Å²) in [4.78, 5) is 0. The minimum absolute atomic E-state index is 0.266. The lowest BCUT2D eigenvalue weighted by Crippen LogP contribution is -2.47. The Kier molecular flexibility index (Phi) is 6.37. The molecular formula is C18H29NO2. The standard InChI is InChI=1S/C18H29NO2/c1-4-7-14-10-11-17(19-5-2)18(12-14)21-16-9-6-8-15(13-16)20-3/h6,8-9,13-14,17-19H,4-5,7,10-12H2,1-3H3. The predicted octanol–water partition coefficient (Wildman–Crippen LogP) is 4.02. The zero-order chi connectivity index (χ0) is 15.1. The molecule has 0 heterocycles. The summed E-state index contributed by atoms with van der Waals surface area (Å²) in [5, 5.41) is 3.59. The number of likely N-dealkylation sites (N-methyl/N-ethyl adjacent to an activating group) is 1. The highest BCUT2D eigenvalue weighted by Crippen LogP contribution is 2.31. The molecular weight excluding hydrogens is 262 g/mol. The number of hydrogen-bond acceptors (Lipinski definition) is 3. The Labute approximate surface area is 129 Å². The van der Waals surface area contributed by atoms with Crippen molar-refractivity contribution in [3.8, 4) is 11.5 Å². The van der Waals surface area contributed by atoms with E-state index in [0.29, 0.717) is 6.04 Å². The lowest BCUT2D eigenvalue weighted by molar-refractivity contribution is 0.0838. The Morgan fingerprint density at radius 1 is 1.19 bits per heavy atom. The zero-order valence-corrected chi connectivity index (χ0v) is 13.6. The van der Waals surface area contributed by atoms with Crippen molar-refractivity contribution in [2.45, 2.75) is 58.1 Å². The molecule has 118 valence electrons. The van der Waals surface area contributed by atoms with Gasteiger partial charge in [0.15, 0.2) is 0 Å². The van der Waals surface area contributed by atoms with Crippen LogP contribution in [-0.2, 0) is 0 Å². The normalized spacial score (nSPS) is 25.6. The van der Waals surface area contributed by atoms with Gasteiger partial charge in [-0.2, -0.15) is 0 Å². The molecule has 0 spiro atoms. The molecule has 21 heavy (non-hydrogen) atoms. The van der Waals surface area contributed by atoms with E-state index >= 15 is 0 Å². The molecule has 0 radical (unpaired) electrons. The first-order valence-electron chi connectivity index (χ1n) is 8.30. The van der Waals surface area contributed by atoms with Crippen molar-refractivity contribution in [1.82, 2.24) is 5.32 Å². The minimum Gasteiger partial charge on any atom is -0.497 e. The fraction of sp³-hybridized carbons (Fsp3) is 0.667. The second-order valence-electron chi connectivity index (χ2n) is 5.97. The molecule has 1 N–H and O–H groups in total. The van der Waals surface area contributed by atoms with Crippen molar-refractivity contribution in [2.24, 2.45) is 5.92 Å². The van der Waals surface area contributed by atoms with Gasteiger partial charge in [-0.3, -0.25) is 0 Å². The maximum absolute atomic E-state index is 6.30. The van der Waals surface area contributed by atoms with Crippen LogP contribution >= 0.6 is 0 Å². The predicted molar refractivity (Wildman–Crippen MR) is 87.1 cm³/mol. The van der Waals surface area contributed by atoms with E-state index < -0.39 is 0 Å². The monoisotopic (exact) mass is 291 g/mol. The van der Waals surface area contributed by atoms with Gasteiger partial charge in [-0.05, 0) is 43.9 Å². The topological polar surface area (TPSA) is 30.5 Å². The maximum Gasteiger partial charge on any atom is 0.123 e. The van der Waals surface area contributed by atoms with Crippen LogP contribution in [0.5, 0.6) is 11.5 Å². The fourth-order valence-corrected chi connectivity index (χ4v) is 3.36. The average molecular weight is 291 g/mol. The summed E-state index contributed by atoms with van der Waals surface area (Å²) in [6.07, 6.45) is 6.54. The molecule has 2 rings (SSSR count). The van der Waals surface area contributed by atoms with Crippen molar-refractivity contribution < 1.29 is 9.47 Å². The summed E-state index contributed by atoms with van der Waals surface area (Å²) < 4.78 is 11.6. The second-order valence-corrected chi connectivity index (χ2v) is 5.97. The highest BCUT2D eigenvalue weighted by Gasteiger charge is 2.31. The SMILES string of the molecule is CCCC1CCC(NCC)C(Oc2cccc(OC)c2)C1. The van der Waals surface area contributed by atoms with E-state index in [9.17, 15) is 0 Å². The summed E-state index contributed by atoms with van der Waals surface area (Å²) in [6.45, 7) is 5.44. The quantitative estimate of drug-likeness (QED) is 0.823.